The summed E-state index contributed by atoms with van der Waals surface area (Å²) in [5.41, 5.74) is 2.12. The lowest BCUT2D eigenvalue weighted by Crippen LogP contribution is -2.19. The summed E-state index contributed by atoms with van der Waals surface area (Å²) >= 11 is 0. The summed E-state index contributed by atoms with van der Waals surface area (Å²) in [7, 11) is 0. The molecule has 1 heterocycles. The molecule has 20 heavy (non-hydrogen) atoms. The Balaban J connectivity index is 2.08. The monoisotopic (exact) mass is 270 g/mol. The molecule has 0 radical (unpaired) electrons. The molecule has 1 N–H and O–H groups in total. The largest absolute Gasteiger partial charge is 0.325 e. The molecular formula is C16H22N4. The maximum atomic E-state index is 4.53. The zero-order valence-electron chi connectivity index (χ0n) is 12.2. The van der Waals surface area contributed by atoms with Gasteiger partial charge in [-0.1, -0.05) is 25.1 Å². The van der Waals surface area contributed by atoms with Crippen molar-refractivity contribution in [1.82, 2.24) is 15.3 Å². The summed E-state index contributed by atoms with van der Waals surface area (Å²) in [6, 6.07) is 10.3. The Morgan fingerprint density at radius 2 is 1.85 bits per heavy atom. The second kappa shape index (κ2) is 7.60. The first-order valence-corrected chi connectivity index (χ1v) is 7.19. The van der Waals surface area contributed by atoms with Crippen LogP contribution >= 0.6 is 0 Å². The van der Waals surface area contributed by atoms with Gasteiger partial charge < -0.3 is 10.2 Å². The summed E-state index contributed by atoms with van der Waals surface area (Å²) in [5.74, 6) is 0.887. The average molecular weight is 270 g/mol. The van der Waals surface area contributed by atoms with E-state index in [1.807, 2.05) is 30.6 Å². The van der Waals surface area contributed by atoms with Crippen molar-refractivity contribution in [3.05, 3.63) is 48.4 Å². The van der Waals surface area contributed by atoms with Crippen LogP contribution in [0.5, 0.6) is 0 Å². The molecule has 0 saturated heterocycles. The van der Waals surface area contributed by atoms with Crippen molar-refractivity contribution in [2.24, 2.45) is 0 Å². The lowest BCUT2D eigenvalue weighted by molar-refractivity contribution is 0.662. The van der Waals surface area contributed by atoms with Crippen LogP contribution in [0.4, 0.5) is 11.5 Å². The maximum absolute atomic E-state index is 4.53. The average Bonchev–Trinajstić information content (AvgIpc) is 2.51. The van der Waals surface area contributed by atoms with Crippen LogP contribution in [0.25, 0.3) is 0 Å². The minimum atomic E-state index is 0.776. The van der Waals surface area contributed by atoms with Crippen molar-refractivity contribution in [3.8, 4) is 0 Å². The van der Waals surface area contributed by atoms with Gasteiger partial charge in [-0.15, -0.1) is 0 Å². The van der Waals surface area contributed by atoms with Crippen LogP contribution in [-0.4, -0.2) is 23.1 Å². The molecule has 0 aliphatic rings. The summed E-state index contributed by atoms with van der Waals surface area (Å²) in [4.78, 5) is 11.2. The number of anilines is 2. The van der Waals surface area contributed by atoms with Gasteiger partial charge in [0.25, 0.3) is 0 Å². The van der Waals surface area contributed by atoms with Gasteiger partial charge in [0.2, 0.25) is 0 Å². The molecule has 2 rings (SSSR count). The predicted octanol–water partition coefficient (Wildman–Crippen LogP) is 3.13. The maximum Gasteiger partial charge on any atom is 0.151 e. The van der Waals surface area contributed by atoms with Gasteiger partial charge in [-0.2, -0.15) is 0 Å². The molecule has 0 aliphatic heterocycles. The second-order valence-corrected chi connectivity index (χ2v) is 4.62. The van der Waals surface area contributed by atoms with Crippen molar-refractivity contribution in [1.29, 1.82) is 0 Å². The normalized spacial score (nSPS) is 10.5. The van der Waals surface area contributed by atoms with Gasteiger partial charge in [-0.05, 0) is 32.0 Å². The van der Waals surface area contributed by atoms with E-state index in [0.29, 0.717) is 0 Å². The van der Waals surface area contributed by atoms with E-state index in [1.54, 1.807) is 0 Å². The lowest BCUT2D eigenvalue weighted by Gasteiger charge is -2.21. The zero-order chi connectivity index (χ0) is 14.2. The van der Waals surface area contributed by atoms with Gasteiger partial charge in [-0.3, -0.25) is 4.98 Å². The molecule has 0 saturated carbocycles. The van der Waals surface area contributed by atoms with Crippen molar-refractivity contribution < 1.29 is 0 Å². The first kappa shape index (κ1) is 14.5. The van der Waals surface area contributed by atoms with E-state index < -0.39 is 0 Å². The Kier molecular flexibility index (Phi) is 5.50. The highest BCUT2D eigenvalue weighted by molar-refractivity contribution is 5.58. The molecular weight excluding hydrogens is 248 g/mol. The van der Waals surface area contributed by atoms with Gasteiger partial charge in [0.1, 0.15) is 0 Å². The summed E-state index contributed by atoms with van der Waals surface area (Å²) in [5, 5.41) is 3.33. The molecule has 106 valence electrons. The second-order valence-electron chi connectivity index (χ2n) is 4.62. The first-order chi connectivity index (χ1) is 9.85. The van der Waals surface area contributed by atoms with E-state index in [2.05, 4.69) is 46.2 Å². The van der Waals surface area contributed by atoms with Gasteiger partial charge in [-0.25, -0.2) is 4.98 Å². The minimum Gasteiger partial charge on any atom is -0.325 e. The van der Waals surface area contributed by atoms with Gasteiger partial charge >= 0.3 is 0 Å². The molecule has 4 heteroatoms. The van der Waals surface area contributed by atoms with Gasteiger partial charge in [0.15, 0.2) is 5.82 Å². The number of hydrogen-bond acceptors (Lipinski definition) is 4. The Morgan fingerprint density at radius 1 is 1.05 bits per heavy atom. The van der Waals surface area contributed by atoms with Crippen LogP contribution in [0, 0.1) is 0 Å². The van der Waals surface area contributed by atoms with Gasteiger partial charge in [0, 0.05) is 18.8 Å². The van der Waals surface area contributed by atoms with Gasteiger partial charge in [0.05, 0.1) is 18.1 Å². The van der Waals surface area contributed by atoms with E-state index in [1.165, 1.54) is 0 Å². The number of nitrogens with zero attached hydrogens (tertiary/aromatic N) is 3. The number of rotatable bonds is 7. The molecule has 2 aromatic rings. The summed E-state index contributed by atoms with van der Waals surface area (Å²) < 4.78 is 0. The lowest BCUT2D eigenvalue weighted by atomic mass is 10.3. The standard InChI is InChI=1S/C16H22N4/c1-3-10-17-11-14-12-19-16(13-18-14)20(4-2)15-8-6-5-7-9-15/h5-9,12-13,17H,3-4,10-11H2,1-2H3. The predicted molar refractivity (Wildman–Crippen MR) is 83.2 cm³/mol. The third-order valence-electron chi connectivity index (χ3n) is 3.09. The van der Waals surface area contributed by atoms with Crippen molar-refractivity contribution >= 4 is 11.5 Å². The Labute approximate surface area is 120 Å². The number of para-hydroxylation sites is 1. The third-order valence-corrected chi connectivity index (χ3v) is 3.09. The highest BCUT2D eigenvalue weighted by Gasteiger charge is 2.08. The van der Waals surface area contributed by atoms with Crippen LogP contribution in [0.1, 0.15) is 26.0 Å². The van der Waals surface area contributed by atoms with Crippen molar-refractivity contribution in [2.45, 2.75) is 26.8 Å². The fourth-order valence-electron chi connectivity index (χ4n) is 2.06. The first-order valence-electron chi connectivity index (χ1n) is 7.19. The smallest absolute Gasteiger partial charge is 0.151 e. The number of benzene rings is 1. The zero-order valence-corrected chi connectivity index (χ0v) is 12.2. The highest BCUT2D eigenvalue weighted by atomic mass is 15.2. The topological polar surface area (TPSA) is 41.1 Å². The molecule has 0 fully saturated rings. The van der Waals surface area contributed by atoms with Crippen molar-refractivity contribution in [3.63, 3.8) is 0 Å². The van der Waals surface area contributed by atoms with E-state index in [4.69, 9.17) is 0 Å². The number of hydrogen-bond donors (Lipinski definition) is 1. The van der Waals surface area contributed by atoms with E-state index in [9.17, 15) is 0 Å². The van der Waals surface area contributed by atoms with Crippen molar-refractivity contribution in [2.75, 3.05) is 18.0 Å². The molecule has 4 nitrogen and oxygen atoms in total. The molecule has 0 amide bonds. The quantitative estimate of drug-likeness (QED) is 0.785. The van der Waals surface area contributed by atoms with E-state index in [0.717, 1.165) is 43.3 Å². The Hall–Kier alpha value is -1.94. The highest BCUT2D eigenvalue weighted by Crippen LogP contribution is 2.21. The van der Waals surface area contributed by atoms with Crippen LogP contribution < -0.4 is 10.2 Å². The van der Waals surface area contributed by atoms with E-state index in [-0.39, 0.29) is 0 Å². The SMILES string of the molecule is CCCNCc1cnc(N(CC)c2ccccc2)cn1. The van der Waals surface area contributed by atoms with Crippen LogP contribution in [0.2, 0.25) is 0 Å². The Morgan fingerprint density at radius 3 is 2.45 bits per heavy atom. The number of nitrogens with one attached hydrogen (secondary N) is 1. The Bertz CT molecular complexity index is 496. The van der Waals surface area contributed by atoms with E-state index >= 15 is 0 Å². The molecule has 1 aromatic carbocycles. The fourth-order valence-corrected chi connectivity index (χ4v) is 2.06. The summed E-state index contributed by atoms with van der Waals surface area (Å²) in [6.45, 7) is 6.92. The van der Waals surface area contributed by atoms with Crippen LogP contribution in [0.3, 0.4) is 0 Å². The molecule has 1 aromatic heterocycles. The minimum absolute atomic E-state index is 0.776. The van der Waals surface area contributed by atoms with Crippen LogP contribution in [-0.2, 0) is 6.54 Å². The fraction of sp³-hybridized carbons (Fsp3) is 0.375. The molecule has 0 aliphatic carbocycles. The third kappa shape index (κ3) is 3.78. The number of aromatic nitrogens is 2. The van der Waals surface area contributed by atoms with Crippen LogP contribution in [0.15, 0.2) is 42.7 Å². The summed E-state index contributed by atoms with van der Waals surface area (Å²) in [6.07, 6.45) is 4.83. The molecule has 0 bridgehead atoms. The molecule has 0 spiro atoms. The molecule has 0 atom stereocenters. The molecule has 0 unspecified atom stereocenters.